The minimum Gasteiger partial charge on any atom is -0.374 e. The molecule has 0 atom stereocenters. The average Bonchev–Trinajstić information content (AvgIpc) is 2.84. The van der Waals surface area contributed by atoms with Crippen molar-refractivity contribution in [2.45, 2.75) is 57.7 Å². The van der Waals surface area contributed by atoms with Gasteiger partial charge in [0.15, 0.2) is 0 Å². The summed E-state index contributed by atoms with van der Waals surface area (Å²) in [6.45, 7) is 4.10. The van der Waals surface area contributed by atoms with Crippen molar-refractivity contribution in [1.82, 2.24) is 10.3 Å². The molecule has 0 aliphatic heterocycles. The summed E-state index contributed by atoms with van der Waals surface area (Å²) in [5.41, 5.74) is 5.22. The van der Waals surface area contributed by atoms with Crippen LogP contribution < -0.4 is 15.5 Å². The zero-order chi connectivity index (χ0) is 22.2. The Morgan fingerprint density at radius 2 is 1.50 bits per heavy atom. The Morgan fingerprint density at radius 1 is 0.875 bits per heavy atom. The molecule has 1 heterocycles. The van der Waals surface area contributed by atoms with Gasteiger partial charge in [-0.3, -0.25) is 0 Å². The van der Waals surface area contributed by atoms with Crippen molar-refractivity contribution in [2.24, 2.45) is 0 Å². The average molecular weight is 429 g/mol. The molecule has 1 aromatic heterocycles. The highest BCUT2D eigenvalue weighted by molar-refractivity contribution is 5.58. The normalized spacial score (nSPS) is 18.3. The van der Waals surface area contributed by atoms with Crippen molar-refractivity contribution >= 4 is 11.5 Å². The second-order valence-corrected chi connectivity index (χ2v) is 9.07. The van der Waals surface area contributed by atoms with E-state index in [1.807, 2.05) is 6.20 Å². The Bertz CT molecular complexity index is 950. The number of aryl methyl sites for hydroxylation is 1. The largest absolute Gasteiger partial charge is 0.374 e. The zero-order valence-electron chi connectivity index (χ0n) is 19.4. The monoisotopic (exact) mass is 428 g/mol. The SMILES string of the molecule is Cc1cnc(NC2CCC(NCc3ccccc3)CC2)cc1N(C)CCc1ccccc1. The van der Waals surface area contributed by atoms with Gasteiger partial charge in [0.05, 0.1) is 0 Å². The zero-order valence-corrected chi connectivity index (χ0v) is 19.4. The molecule has 0 unspecified atom stereocenters. The van der Waals surface area contributed by atoms with Crippen LogP contribution in [0.4, 0.5) is 11.5 Å². The quantitative estimate of drug-likeness (QED) is 0.467. The summed E-state index contributed by atoms with van der Waals surface area (Å²) in [5.74, 6) is 0.998. The minimum absolute atomic E-state index is 0.502. The van der Waals surface area contributed by atoms with E-state index in [4.69, 9.17) is 0 Å². The summed E-state index contributed by atoms with van der Waals surface area (Å²) >= 11 is 0. The van der Waals surface area contributed by atoms with Crippen molar-refractivity contribution < 1.29 is 0 Å². The fraction of sp³-hybridized carbons (Fsp3) is 0.393. The molecule has 1 aliphatic carbocycles. The highest BCUT2D eigenvalue weighted by Crippen LogP contribution is 2.26. The van der Waals surface area contributed by atoms with Crippen LogP contribution in [0.5, 0.6) is 0 Å². The van der Waals surface area contributed by atoms with Crippen molar-refractivity contribution in [3.63, 3.8) is 0 Å². The lowest BCUT2D eigenvalue weighted by molar-refractivity contribution is 0.352. The van der Waals surface area contributed by atoms with Gasteiger partial charge in [-0.05, 0) is 55.7 Å². The molecular formula is C28H36N4. The Labute approximate surface area is 193 Å². The molecule has 0 radical (unpaired) electrons. The van der Waals surface area contributed by atoms with E-state index in [1.165, 1.54) is 48.1 Å². The van der Waals surface area contributed by atoms with Crippen LogP contribution in [0.25, 0.3) is 0 Å². The molecule has 0 saturated heterocycles. The lowest BCUT2D eigenvalue weighted by Crippen LogP contribution is -2.36. The summed E-state index contributed by atoms with van der Waals surface area (Å²) in [7, 11) is 2.18. The van der Waals surface area contributed by atoms with Gasteiger partial charge in [0.2, 0.25) is 0 Å². The molecule has 0 bridgehead atoms. The van der Waals surface area contributed by atoms with E-state index in [9.17, 15) is 0 Å². The van der Waals surface area contributed by atoms with Crippen molar-refractivity contribution in [3.05, 3.63) is 89.6 Å². The third-order valence-corrected chi connectivity index (χ3v) is 6.58. The van der Waals surface area contributed by atoms with Crippen LogP contribution in [0.3, 0.4) is 0 Å². The van der Waals surface area contributed by atoms with Crippen molar-refractivity contribution in [3.8, 4) is 0 Å². The lowest BCUT2D eigenvalue weighted by Gasteiger charge is -2.30. The maximum atomic E-state index is 4.68. The predicted octanol–water partition coefficient (Wildman–Crippen LogP) is 5.58. The molecule has 4 nitrogen and oxygen atoms in total. The van der Waals surface area contributed by atoms with Crippen molar-refractivity contribution in [2.75, 3.05) is 23.8 Å². The first-order valence-electron chi connectivity index (χ1n) is 11.9. The van der Waals surface area contributed by atoms with E-state index in [0.717, 1.165) is 25.3 Å². The van der Waals surface area contributed by atoms with Gasteiger partial charge in [0, 0.05) is 50.2 Å². The van der Waals surface area contributed by atoms with Crippen LogP contribution in [0.1, 0.15) is 42.4 Å². The van der Waals surface area contributed by atoms with Crippen LogP contribution in [0.15, 0.2) is 72.9 Å². The number of rotatable bonds is 9. The topological polar surface area (TPSA) is 40.2 Å². The van der Waals surface area contributed by atoms with E-state index in [-0.39, 0.29) is 0 Å². The second kappa shape index (κ2) is 11.1. The number of hydrogen-bond donors (Lipinski definition) is 2. The standard InChI is InChI=1S/C28H36N4/c1-22-20-30-28(19-27(22)32(2)18-17-23-9-5-3-6-10-23)31-26-15-13-25(14-16-26)29-21-24-11-7-4-8-12-24/h3-12,19-20,25-26,29H,13-18,21H2,1-2H3,(H,30,31). The number of aromatic nitrogens is 1. The number of nitrogens with one attached hydrogen (secondary N) is 2. The molecule has 1 fully saturated rings. The number of likely N-dealkylation sites (N-methyl/N-ethyl adjacent to an activating group) is 1. The maximum absolute atomic E-state index is 4.68. The number of anilines is 2. The first kappa shape index (κ1) is 22.3. The molecule has 168 valence electrons. The highest BCUT2D eigenvalue weighted by Gasteiger charge is 2.21. The molecule has 1 aliphatic rings. The molecular weight excluding hydrogens is 392 g/mol. The van der Waals surface area contributed by atoms with Gasteiger partial charge in [-0.1, -0.05) is 60.7 Å². The van der Waals surface area contributed by atoms with Gasteiger partial charge in [0.1, 0.15) is 5.82 Å². The number of hydrogen-bond acceptors (Lipinski definition) is 4. The van der Waals surface area contributed by atoms with Crippen LogP contribution in [-0.4, -0.2) is 30.7 Å². The van der Waals surface area contributed by atoms with Crippen LogP contribution in [-0.2, 0) is 13.0 Å². The van der Waals surface area contributed by atoms with E-state index in [0.29, 0.717) is 12.1 Å². The molecule has 2 aromatic carbocycles. The highest BCUT2D eigenvalue weighted by atomic mass is 15.1. The summed E-state index contributed by atoms with van der Waals surface area (Å²) in [6.07, 6.45) is 7.83. The van der Waals surface area contributed by atoms with E-state index in [2.05, 4.69) is 101 Å². The van der Waals surface area contributed by atoms with Gasteiger partial charge >= 0.3 is 0 Å². The van der Waals surface area contributed by atoms with Gasteiger partial charge in [-0.15, -0.1) is 0 Å². The fourth-order valence-electron chi connectivity index (χ4n) is 4.57. The molecule has 1 saturated carbocycles. The van der Waals surface area contributed by atoms with E-state index < -0.39 is 0 Å². The van der Waals surface area contributed by atoms with Gasteiger partial charge in [-0.2, -0.15) is 0 Å². The fourth-order valence-corrected chi connectivity index (χ4v) is 4.57. The summed E-state index contributed by atoms with van der Waals surface area (Å²) in [5, 5.41) is 7.44. The van der Waals surface area contributed by atoms with Crippen LogP contribution in [0, 0.1) is 6.92 Å². The Balaban J connectivity index is 1.26. The molecule has 0 spiro atoms. The van der Waals surface area contributed by atoms with Crippen LogP contribution in [0.2, 0.25) is 0 Å². The summed E-state index contributed by atoms with van der Waals surface area (Å²) in [6, 6.07) is 24.7. The number of benzene rings is 2. The van der Waals surface area contributed by atoms with E-state index in [1.54, 1.807) is 0 Å². The lowest BCUT2D eigenvalue weighted by atomic mass is 9.91. The Hall–Kier alpha value is -2.85. The molecule has 4 heteroatoms. The molecule has 32 heavy (non-hydrogen) atoms. The number of pyridine rings is 1. The summed E-state index contributed by atoms with van der Waals surface area (Å²) in [4.78, 5) is 7.02. The Morgan fingerprint density at radius 3 is 2.19 bits per heavy atom. The third kappa shape index (κ3) is 6.33. The third-order valence-electron chi connectivity index (χ3n) is 6.58. The Kier molecular flexibility index (Phi) is 7.78. The predicted molar refractivity (Wildman–Crippen MR) is 135 cm³/mol. The van der Waals surface area contributed by atoms with Gasteiger partial charge < -0.3 is 15.5 Å². The van der Waals surface area contributed by atoms with E-state index >= 15 is 0 Å². The van der Waals surface area contributed by atoms with Gasteiger partial charge in [-0.25, -0.2) is 4.98 Å². The smallest absolute Gasteiger partial charge is 0.128 e. The van der Waals surface area contributed by atoms with Crippen LogP contribution >= 0.6 is 0 Å². The second-order valence-electron chi connectivity index (χ2n) is 9.07. The molecule has 3 aromatic rings. The maximum Gasteiger partial charge on any atom is 0.128 e. The number of nitrogens with zero attached hydrogens (tertiary/aromatic N) is 2. The first-order valence-corrected chi connectivity index (χ1v) is 11.9. The van der Waals surface area contributed by atoms with Gasteiger partial charge in [0.25, 0.3) is 0 Å². The minimum atomic E-state index is 0.502. The first-order chi connectivity index (χ1) is 15.7. The van der Waals surface area contributed by atoms with Crippen molar-refractivity contribution in [1.29, 1.82) is 0 Å². The molecule has 2 N–H and O–H groups in total. The summed E-state index contributed by atoms with van der Waals surface area (Å²) < 4.78 is 0. The molecule has 0 amide bonds. The molecule has 4 rings (SSSR count).